The van der Waals surface area contributed by atoms with E-state index < -0.39 is 0 Å². The normalized spacial score (nSPS) is 21.0. The molecule has 1 atom stereocenters. The molecule has 0 aliphatic heterocycles. The molecule has 0 aromatic heterocycles. The first kappa shape index (κ1) is 15.0. The van der Waals surface area contributed by atoms with Gasteiger partial charge in [-0.25, -0.2) is 0 Å². The van der Waals surface area contributed by atoms with Crippen LogP contribution in [0.3, 0.4) is 0 Å². The van der Waals surface area contributed by atoms with Crippen LogP contribution in [-0.2, 0) is 0 Å². The number of hydrogen-bond acceptors (Lipinski definition) is 1. The Kier molecular flexibility index (Phi) is 6.54. The van der Waals surface area contributed by atoms with Crippen molar-refractivity contribution in [2.75, 3.05) is 13.1 Å². The quantitative estimate of drug-likeness (QED) is 0.652. The van der Waals surface area contributed by atoms with Crippen LogP contribution in [0.25, 0.3) is 0 Å². The molecule has 1 unspecified atom stereocenters. The second kappa shape index (κ2) is 7.41. The van der Waals surface area contributed by atoms with Crippen molar-refractivity contribution >= 4 is 0 Å². The lowest BCUT2D eigenvalue weighted by molar-refractivity contribution is 0.220. The van der Waals surface area contributed by atoms with Crippen LogP contribution in [0, 0.1) is 17.3 Å². The third kappa shape index (κ3) is 5.42. The molecule has 1 saturated carbocycles. The lowest BCUT2D eigenvalue weighted by Gasteiger charge is -2.32. The van der Waals surface area contributed by atoms with Gasteiger partial charge in [-0.1, -0.05) is 47.0 Å². The highest BCUT2D eigenvalue weighted by Crippen LogP contribution is 2.42. The molecule has 0 saturated heterocycles. The van der Waals surface area contributed by atoms with Gasteiger partial charge in [0.15, 0.2) is 0 Å². The molecule has 0 spiro atoms. The van der Waals surface area contributed by atoms with Crippen LogP contribution in [0.15, 0.2) is 0 Å². The number of nitrogens with one attached hydrogen (secondary N) is 1. The standard InChI is InChI=1S/C16H33N/c1-5-8-15(4)12-17-13-16(11-14(2)3)9-6-7-10-16/h14-15,17H,5-13H2,1-4H3. The minimum Gasteiger partial charge on any atom is -0.316 e. The van der Waals surface area contributed by atoms with Crippen molar-refractivity contribution < 1.29 is 0 Å². The van der Waals surface area contributed by atoms with Gasteiger partial charge >= 0.3 is 0 Å². The highest BCUT2D eigenvalue weighted by Gasteiger charge is 2.33. The van der Waals surface area contributed by atoms with E-state index in [0.29, 0.717) is 5.41 Å². The molecule has 1 aliphatic carbocycles. The lowest BCUT2D eigenvalue weighted by Crippen LogP contribution is -2.35. The Hall–Kier alpha value is -0.0400. The molecule has 1 fully saturated rings. The molecule has 1 rings (SSSR count). The number of rotatable bonds is 8. The molecule has 1 heteroatoms. The van der Waals surface area contributed by atoms with Gasteiger partial charge in [-0.3, -0.25) is 0 Å². The van der Waals surface area contributed by atoms with Gasteiger partial charge in [-0.15, -0.1) is 0 Å². The molecule has 1 N–H and O–H groups in total. The molecule has 0 bridgehead atoms. The summed E-state index contributed by atoms with van der Waals surface area (Å²) in [6, 6.07) is 0. The van der Waals surface area contributed by atoms with Gasteiger partial charge < -0.3 is 5.32 Å². The third-order valence-electron chi connectivity index (χ3n) is 4.28. The van der Waals surface area contributed by atoms with Crippen LogP contribution >= 0.6 is 0 Å². The first-order valence-corrected chi connectivity index (χ1v) is 7.79. The van der Waals surface area contributed by atoms with Gasteiger partial charge in [0.2, 0.25) is 0 Å². The molecule has 0 amide bonds. The van der Waals surface area contributed by atoms with Gasteiger partial charge in [0.25, 0.3) is 0 Å². The van der Waals surface area contributed by atoms with Gasteiger partial charge in [-0.2, -0.15) is 0 Å². The van der Waals surface area contributed by atoms with E-state index in [2.05, 4.69) is 33.0 Å². The van der Waals surface area contributed by atoms with Crippen LogP contribution in [0.5, 0.6) is 0 Å². The van der Waals surface area contributed by atoms with Crippen molar-refractivity contribution in [2.24, 2.45) is 17.3 Å². The molecular formula is C16H33N. The second-order valence-corrected chi connectivity index (χ2v) is 6.83. The maximum absolute atomic E-state index is 3.76. The second-order valence-electron chi connectivity index (χ2n) is 6.83. The summed E-state index contributed by atoms with van der Waals surface area (Å²) >= 11 is 0. The fourth-order valence-electron chi connectivity index (χ4n) is 3.62. The number of hydrogen-bond donors (Lipinski definition) is 1. The van der Waals surface area contributed by atoms with Crippen molar-refractivity contribution in [3.63, 3.8) is 0 Å². The monoisotopic (exact) mass is 239 g/mol. The van der Waals surface area contributed by atoms with Crippen molar-refractivity contribution in [3.8, 4) is 0 Å². The average Bonchev–Trinajstić information content (AvgIpc) is 2.66. The van der Waals surface area contributed by atoms with E-state index >= 15 is 0 Å². The summed E-state index contributed by atoms with van der Waals surface area (Å²) in [6.45, 7) is 11.9. The summed E-state index contributed by atoms with van der Waals surface area (Å²) in [6.07, 6.45) is 9.94. The van der Waals surface area contributed by atoms with E-state index in [4.69, 9.17) is 0 Å². The molecule has 1 aliphatic rings. The first-order valence-electron chi connectivity index (χ1n) is 7.79. The SMILES string of the molecule is CCCC(C)CNCC1(CC(C)C)CCCC1. The van der Waals surface area contributed by atoms with E-state index in [0.717, 1.165) is 11.8 Å². The predicted octanol–water partition coefficient (Wildman–Crippen LogP) is 4.62. The Morgan fingerprint density at radius 2 is 1.76 bits per heavy atom. The zero-order valence-corrected chi connectivity index (χ0v) is 12.5. The first-order chi connectivity index (χ1) is 8.08. The van der Waals surface area contributed by atoms with Crippen molar-refractivity contribution in [1.29, 1.82) is 0 Å². The van der Waals surface area contributed by atoms with E-state index in [1.807, 2.05) is 0 Å². The maximum atomic E-state index is 3.76. The maximum Gasteiger partial charge on any atom is 0.000802 e. The fraction of sp³-hybridized carbons (Fsp3) is 1.00. The van der Waals surface area contributed by atoms with Crippen LogP contribution in [-0.4, -0.2) is 13.1 Å². The molecule has 1 nitrogen and oxygen atoms in total. The Balaban J connectivity index is 2.30. The van der Waals surface area contributed by atoms with E-state index in [1.165, 1.54) is 58.0 Å². The van der Waals surface area contributed by atoms with Crippen LogP contribution in [0.4, 0.5) is 0 Å². The molecular weight excluding hydrogens is 206 g/mol. The Bertz CT molecular complexity index is 192. The van der Waals surface area contributed by atoms with Crippen molar-refractivity contribution in [1.82, 2.24) is 5.32 Å². The Labute approximate surface area is 109 Å². The lowest BCUT2D eigenvalue weighted by atomic mass is 9.78. The smallest absolute Gasteiger partial charge is 0.000802 e. The summed E-state index contributed by atoms with van der Waals surface area (Å²) in [4.78, 5) is 0. The minimum atomic E-state index is 0.639. The highest BCUT2D eigenvalue weighted by atomic mass is 14.9. The fourth-order valence-corrected chi connectivity index (χ4v) is 3.62. The average molecular weight is 239 g/mol. The van der Waals surface area contributed by atoms with Crippen molar-refractivity contribution in [3.05, 3.63) is 0 Å². The van der Waals surface area contributed by atoms with E-state index in [-0.39, 0.29) is 0 Å². The Morgan fingerprint density at radius 3 is 2.29 bits per heavy atom. The highest BCUT2D eigenvalue weighted by molar-refractivity contribution is 4.87. The molecule has 17 heavy (non-hydrogen) atoms. The summed E-state index contributed by atoms with van der Waals surface area (Å²) in [5, 5.41) is 3.76. The Morgan fingerprint density at radius 1 is 1.12 bits per heavy atom. The topological polar surface area (TPSA) is 12.0 Å². The summed E-state index contributed by atoms with van der Waals surface area (Å²) in [7, 11) is 0. The van der Waals surface area contributed by atoms with Gasteiger partial charge in [0.1, 0.15) is 0 Å². The molecule has 0 heterocycles. The summed E-state index contributed by atoms with van der Waals surface area (Å²) < 4.78 is 0. The zero-order chi connectivity index (χ0) is 12.7. The predicted molar refractivity (Wildman–Crippen MR) is 77.3 cm³/mol. The largest absolute Gasteiger partial charge is 0.316 e. The van der Waals surface area contributed by atoms with Gasteiger partial charge in [0, 0.05) is 6.54 Å². The van der Waals surface area contributed by atoms with Crippen LogP contribution in [0.2, 0.25) is 0 Å². The summed E-state index contributed by atoms with van der Waals surface area (Å²) in [5.74, 6) is 1.69. The molecule has 102 valence electrons. The zero-order valence-electron chi connectivity index (χ0n) is 12.5. The van der Waals surface area contributed by atoms with Crippen LogP contribution < -0.4 is 5.32 Å². The molecule has 0 aromatic rings. The van der Waals surface area contributed by atoms with Gasteiger partial charge in [0.05, 0.1) is 0 Å². The molecule has 0 radical (unpaired) electrons. The van der Waals surface area contributed by atoms with E-state index in [9.17, 15) is 0 Å². The summed E-state index contributed by atoms with van der Waals surface area (Å²) in [5.41, 5.74) is 0.639. The molecule has 0 aromatic carbocycles. The van der Waals surface area contributed by atoms with Crippen molar-refractivity contribution in [2.45, 2.75) is 72.6 Å². The van der Waals surface area contributed by atoms with Gasteiger partial charge in [-0.05, 0) is 49.5 Å². The minimum absolute atomic E-state index is 0.639. The third-order valence-corrected chi connectivity index (χ3v) is 4.28. The van der Waals surface area contributed by atoms with E-state index in [1.54, 1.807) is 0 Å². The van der Waals surface area contributed by atoms with Crippen LogP contribution in [0.1, 0.15) is 72.6 Å².